The van der Waals surface area contributed by atoms with E-state index in [0.29, 0.717) is 10.6 Å². The SMILES string of the molecule is C/C(=N\C(=O)N1C(=O)[C@H](Cc2ccccn2)[C@H]1C(=O)O)c1ccc2c(c1)OC(F)(F)O2. The molecule has 0 aliphatic carbocycles. The molecule has 2 aliphatic heterocycles. The number of carboxylic acids is 1. The van der Waals surface area contributed by atoms with Crippen molar-refractivity contribution >= 4 is 23.6 Å². The first kappa shape index (κ1) is 20.4. The molecule has 160 valence electrons. The predicted molar refractivity (Wildman–Crippen MR) is 100.0 cm³/mol. The minimum atomic E-state index is -3.79. The van der Waals surface area contributed by atoms with Crippen LogP contribution >= 0.6 is 0 Å². The van der Waals surface area contributed by atoms with Crippen LogP contribution in [0.2, 0.25) is 0 Å². The van der Waals surface area contributed by atoms with Gasteiger partial charge in [-0.3, -0.25) is 9.78 Å². The summed E-state index contributed by atoms with van der Waals surface area (Å²) in [5, 5.41) is 9.51. The zero-order valence-corrected chi connectivity index (χ0v) is 16.0. The van der Waals surface area contributed by atoms with Crippen LogP contribution in [0.4, 0.5) is 13.6 Å². The minimum absolute atomic E-state index is 0.0689. The Labute approximate surface area is 173 Å². The van der Waals surface area contributed by atoms with E-state index in [9.17, 15) is 28.3 Å². The minimum Gasteiger partial charge on any atom is -0.480 e. The maximum absolute atomic E-state index is 13.2. The lowest BCUT2D eigenvalue weighted by atomic mass is 9.83. The van der Waals surface area contributed by atoms with E-state index in [1.165, 1.54) is 31.3 Å². The fourth-order valence-electron chi connectivity index (χ4n) is 3.42. The standard InChI is InChI=1S/C20H15F2N3O6/c1-10(11-5-6-14-15(8-11)31-20(21,22)30-14)24-19(29)25-16(18(27)28)13(17(25)26)9-12-4-2-3-7-23-12/h2-8,13,16H,9H2,1H3,(H,27,28)/b24-10+/t13-,16+/m1/s1. The van der Waals surface area contributed by atoms with Crippen LogP contribution in [0.15, 0.2) is 47.6 Å². The lowest BCUT2D eigenvalue weighted by molar-refractivity contribution is -0.286. The second-order valence-electron chi connectivity index (χ2n) is 6.93. The number of benzene rings is 1. The summed E-state index contributed by atoms with van der Waals surface area (Å²) in [5.74, 6) is -3.37. The number of carbonyl (C=O) groups is 3. The van der Waals surface area contributed by atoms with Crippen molar-refractivity contribution in [2.45, 2.75) is 25.7 Å². The van der Waals surface area contributed by atoms with E-state index in [1.54, 1.807) is 18.2 Å². The zero-order chi connectivity index (χ0) is 22.3. The van der Waals surface area contributed by atoms with Gasteiger partial charge in [0.2, 0.25) is 5.91 Å². The number of carbonyl (C=O) groups excluding carboxylic acids is 2. The number of likely N-dealkylation sites (tertiary alicyclic amines) is 1. The van der Waals surface area contributed by atoms with Crippen LogP contribution in [0.25, 0.3) is 0 Å². The Bertz CT molecular complexity index is 1110. The van der Waals surface area contributed by atoms with Gasteiger partial charge in [0.15, 0.2) is 17.5 Å². The van der Waals surface area contributed by atoms with E-state index in [1.807, 2.05) is 0 Å². The number of alkyl halides is 2. The van der Waals surface area contributed by atoms with Crippen LogP contribution in [-0.2, 0) is 16.0 Å². The Morgan fingerprint density at radius 1 is 1.23 bits per heavy atom. The van der Waals surface area contributed by atoms with Crippen LogP contribution in [0.5, 0.6) is 11.5 Å². The van der Waals surface area contributed by atoms with E-state index < -0.39 is 36.2 Å². The van der Waals surface area contributed by atoms with E-state index in [4.69, 9.17) is 0 Å². The summed E-state index contributed by atoms with van der Waals surface area (Å²) in [4.78, 5) is 45.1. The largest absolute Gasteiger partial charge is 0.586 e. The van der Waals surface area contributed by atoms with Gasteiger partial charge in [0.05, 0.1) is 11.6 Å². The molecule has 11 heteroatoms. The highest BCUT2D eigenvalue weighted by molar-refractivity contribution is 6.12. The number of halogens is 2. The molecule has 2 aliphatic rings. The van der Waals surface area contributed by atoms with Crippen molar-refractivity contribution in [2.24, 2.45) is 10.9 Å². The lowest BCUT2D eigenvalue weighted by Crippen LogP contribution is -2.66. The number of imide groups is 1. The van der Waals surface area contributed by atoms with Crippen LogP contribution in [0, 0.1) is 5.92 Å². The van der Waals surface area contributed by atoms with Gasteiger partial charge >= 0.3 is 18.3 Å². The number of aliphatic carboxylic acids is 1. The average molecular weight is 431 g/mol. The van der Waals surface area contributed by atoms with Gasteiger partial charge in [-0.1, -0.05) is 6.07 Å². The number of rotatable bonds is 4. The Balaban J connectivity index is 1.52. The maximum Gasteiger partial charge on any atom is 0.586 e. The van der Waals surface area contributed by atoms with Crippen molar-refractivity contribution in [3.05, 3.63) is 53.9 Å². The van der Waals surface area contributed by atoms with E-state index >= 15 is 0 Å². The fraction of sp³-hybridized carbons (Fsp3) is 0.250. The molecular weight excluding hydrogens is 416 g/mol. The van der Waals surface area contributed by atoms with Crippen LogP contribution in [-0.4, -0.2) is 50.9 Å². The third kappa shape index (κ3) is 3.81. The molecule has 4 rings (SSSR count). The summed E-state index contributed by atoms with van der Waals surface area (Å²) in [6, 6.07) is 6.42. The summed E-state index contributed by atoms with van der Waals surface area (Å²) in [6.45, 7) is 1.42. The molecule has 0 bridgehead atoms. The van der Waals surface area contributed by atoms with Crippen LogP contribution < -0.4 is 9.47 Å². The van der Waals surface area contributed by atoms with Gasteiger partial charge in [-0.25, -0.2) is 14.5 Å². The second kappa shape index (κ2) is 7.42. The number of urea groups is 1. The number of β-lactam (4-membered cyclic amide) rings is 1. The van der Waals surface area contributed by atoms with Gasteiger partial charge in [-0.05, 0) is 42.8 Å². The quantitative estimate of drug-likeness (QED) is 0.584. The Hall–Kier alpha value is -3.89. The number of aromatic nitrogens is 1. The van der Waals surface area contributed by atoms with Crippen molar-refractivity contribution in [3.63, 3.8) is 0 Å². The van der Waals surface area contributed by atoms with Gasteiger partial charge in [-0.2, -0.15) is 4.99 Å². The molecule has 1 saturated heterocycles. The van der Waals surface area contributed by atoms with Crippen molar-refractivity contribution in [1.82, 2.24) is 9.88 Å². The number of hydrogen-bond donors (Lipinski definition) is 1. The Morgan fingerprint density at radius 3 is 2.65 bits per heavy atom. The third-order valence-electron chi connectivity index (χ3n) is 4.91. The van der Waals surface area contributed by atoms with Crippen molar-refractivity contribution < 1.29 is 37.7 Å². The Kier molecular flexibility index (Phi) is 4.88. The molecule has 0 saturated carbocycles. The first-order chi connectivity index (χ1) is 14.7. The molecule has 2 aromatic rings. The first-order valence-electron chi connectivity index (χ1n) is 9.11. The highest BCUT2D eigenvalue weighted by Crippen LogP contribution is 2.41. The molecule has 0 radical (unpaired) electrons. The molecule has 31 heavy (non-hydrogen) atoms. The van der Waals surface area contributed by atoms with Gasteiger partial charge < -0.3 is 14.6 Å². The van der Waals surface area contributed by atoms with E-state index in [2.05, 4.69) is 19.5 Å². The summed E-state index contributed by atoms with van der Waals surface area (Å²) < 4.78 is 35.0. The predicted octanol–water partition coefficient (Wildman–Crippen LogP) is 2.49. The molecular formula is C20H15F2N3O6. The number of amides is 3. The fourth-order valence-corrected chi connectivity index (χ4v) is 3.42. The molecule has 2 atom stereocenters. The van der Waals surface area contributed by atoms with Gasteiger partial charge in [-0.15, -0.1) is 8.78 Å². The number of pyridine rings is 1. The highest BCUT2D eigenvalue weighted by Gasteiger charge is 2.55. The Morgan fingerprint density at radius 2 is 1.97 bits per heavy atom. The molecule has 3 heterocycles. The normalized spacial score (nSPS) is 21.6. The topological polar surface area (TPSA) is 118 Å². The van der Waals surface area contributed by atoms with Crippen LogP contribution in [0.3, 0.4) is 0 Å². The molecule has 1 N–H and O–H groups in total. The van der Waals surface area contributed by atoms with Gasteiger partial charge in [0, 0.05) is 18.3 Å². The molecule has 1 fully saturated rings. The summed E-state index contributed by atoms with van der Waals surface area (Å²) in [7, 11) is 0. The highest BCUT2D eigenvalue weighted by atomic mass is 19.3. The van der Waals surface area contributed by atoms with Gasteiger partial charge in [0.25, 0.3) is 0 Å². The summed E-state index contributed by atoms with van der Waals surface area (Å²) >= 11 is 0. The number of ether oxygens (including phenoxy) is 2. The summed E-state index contributed by atoms with van der Waals surface area (Å²) in [5.41, 5.74) is 0.867. The molecule has 9 nitrogen and oxygen atoms in total. The lowest BCUT2D eigenvalue weighted by Gasteiger charge is -2.41. The van der Waals surface area contributed by atoms with Gasteiger partial charge in [0.1, 0.15) is 0 Å². The zero-order valence-electron chi connectivity index (χ0n) is 16.0. The maximum atomic E-state index is 13.2. The smallest absolute Gasteiger partial charge is 0.480 e. The third-order valence-corrected chi connectivity index (χ3v) is 4.91. The monoisotopic (exact) mass is 431 g/mol. The molecule has 1 aromatic carbocycles. The molecule has 0 spiro atoms. The number of carboxylic acid groups (broad SMARTS) is 1. The van der Waals surface area contributed by atoms with E-state index in [0.717, 1.165) is 0 Å². The van der Waals surface area contributed by atoms with Crippen molar-refractivity contribution in [2.75, 3.05) is 0 Å². The first-order valence-corrected chi connectivity index (χ1v) is 9.11. The molecule has 0 unspecified atom stereocenters. The molecule has 3 amide bonds. The van der Waals surface area contributed by atoms with Crippen molar-refractivity contribution in [1.29, 1.82) is 0 Å². The van der Waals surface area contributed by atoms with Crippen LogP contribution in [0.1, 0.15) is 18.2 Å². The number of fused-ring (bicyclic) bond motifs is 1. The van der Waals surface area contributed by atoms with Crippen molar-refractivity contribution in [3.8, 4) is 11.5 Å². The average Bonchev–Trinajstić information content (AvgIpc) is 3.03. The number of hydrogen-bond acceptors (Lipinski definition) is 6. The number of aliphatic imine (C=N–C) groups is 1. The second-order valence-corrected chi connectivity index (χ2v) is 6.93. The van der Waals surface area contributed by atoms with E-state index in [-0.39, 0.29) is 29.2 Å². The summed E-state index contributed by atoms with van der Waals surface area (Å²) in [6.07, 6.45) is -2.20. The molecule has 1 aromatic heterocycles. The number of nitrogens with zero attached hydrogens (tertiary/aromatic N) is 3.